The van der Waals surface area contributed by atoms with E-state index in [0.29, 0.717) is 6.42 Å². The lowest BCUT2D eigenvalue weighted by atomic mass is 10.1. The number of hydrogen-bond donors (Lipinski definition) is 10. The number of rotatable bonds is 14. The van der Waals surface area contributed by atoms with E-state index in [1.165, 1.54) is 6.92 Å². The molecule has 0 aromatic rings. The van der Waals surface area contributed by atoms with Gasteiger partial charge < -0.3 is 43.4 Å². The normalized spacial score (nSPS) is 15.5. The summed E-state index contributed by atoms with van der Waals surface area (Å²) in [5.74, 6) is -3.96. The van der Waals surface area contributed by atoms with E-state index in [0.717, 1.165) is 0 Å². The van der Waals surface area contributed by atoms with E-state index < -0.39 is 54.0 Å². The summed E-state index contributed by atoms with van der Waals surface area (Å²) in [5, 5.41) is 25.7. The first kappa shape index (κ1) is 28.8. The van der Waals surface area contributed by atoms with Gasteiger partial charge >= 0.3 is 5.97 Å². The van der Waals surface area contributed by atoms with Gasteiger partial charge in [0.05, 0.1) is 6.10 Å². The Morgan fingerprint density at radius 2 is 1.39 bits per heavy atom. The predicted molar refractivity (Wildman–Crippen MR) is 121 cm³/mol. The molecule has 178 valence electrons. The quantitative estimate of drug-likeness (QED) is 0.0505. The monoisotopic (exact) mass is 481 g/mol. The van der Waals surface area contributed by atoms with Crippen LogP contribution in [0, 0.1) is 0 Å². The van der Waals surface area contributed by atoms with Crippen LogP contribution >= 0.6 is 25.3 Å². The maximum Gasteiger partial charge on any atom is 0.326 e. The van der Waals surface area contributed by atoms with Gasteiger partial charge in [-0.2, -0.15) is 25.3 Å². The van der Waals surface area contributed by atoms with Gasteiger partial charge in [-0.3, -0.25) is 19.4 Å². The number of guanidine groups is 1. The van der Waals surface area contributed by atoms with E-state index in [-0.39, 0.29) is 30.4 Å². The Morgan fingerprint density at radius 3 is 1.77 bits per heavy atom. The Bertz CT molecular complexity index is 660. The molecule has 3 amide bonds. The molecule has 0 aliphatic rings. The van der Waals surface area contributed by atoms with Crippen LogP contribution in [-0.4, -0.2) is 88.2 Å². The first-order valence-corrected chi connectivity index (χ1v) is 10.6. The Balaban J connectivity index is 4.97. The number of nitrogens with one attached hydrogen (secondary N) is 3. The Morgan fingerprint density at radius 1 is 0.935 bits per heavy atom. The van der Waals surface area contributed by atoms with Crippen molar-refractivity contribution < 1.29 is 29.4 Å². The van der Waals surface area contributed by atoms with Crippen molar-refractivity contribution in [3.8, 4) is 0 Å². The van der Waals surface area contributed by atoms with Gasteiger partial charge in [0.1, 0.15) is 24.2 Å². The molecule has 0 rings (SSSR count). The van der Waals surface area contributed by atoms with E-state index in [1.54, 1.807) is 0 Å². The highest BCUT2D eigenvalue weighted by Crippen LogP contribution is 2.01. The van der Waals surface area contributed by atoms with Gasteiger partial charge in [0.2, 0.25) is 17.7 Å². The van der Waals surface area contributed by atoms with Gasteiger partial charge in [-0.05, 0) is 19.8 Å². The van der Waals surface area contributed by atoms with Crippen LogP contribution in [0.2, 0.25) is 0 Å². The number of aliphatic carboxylic acids is 1. The maximum absolute atomic E-state index is 12.4. The summed E-state index contributed by atoms with van der Waals surface area (Å²) in [6, 6.07) is -4.81. The number of aliphatic imine (C=N–C) groups is 1. The van der Waals surface area contributed by atoms with E-state index in [1.807, 2.05) is 0 Å². The van der Waals surface area contributed by atoms with Crippen LogP contribution in [-0.2, 0) is 19.2 Å². The Kier molecular flexibility index (Phi) is 13.7. The molecule has 15 heteroatoms. The smallest absolute Gasteiger partial charge is 0.326 e. The van der Waals surface area contributed by atoms with Crippen LogP contribution in [0.25, 0.3) is 0 Å². The third-order valence-electron chi connectivity index (χ3n) is 4.01. The lowest BCUT2D eigenvalue weighted by Crippen LogP contribution is -2.59. The lowest BCUT2D eigenvalue weighted by molar-refractivity contribution is -0.142. The van der Waals surface area contributed by atoms with Crippen LogP contribution in [0.3, 0.4) is 0 Å². The first-order chi connectivity index (χ1) is 14.4. The Hall–Kier alpha value is -2.23. The highest BCUT2D eigenvalue weighted by atomic mass is 32.1. The molecule has 5 atom stereocenters. The zero-order valence-corrected chi connectivity index (χ0v) is 18.8. The molecule has 0 aliphatic carbocycles. The van der Waals surface area contributed by atoms with Crippen molar-refractivity contribution in [2.45, 2.75) is 50.0 Å². The molecule has 11 N–H and O–H groups in total. The van der Waals surface area contributed by atoms with Crippen molar-refractivity contribution in [2.75, 3.05) is 18.1 Å². The minimum atomic E-state index is -1.27. The fraction of sp³-hybridized carbons (Fsp3) is 0.688. The molecule has 0 aromatic heterocycles. The number of amides is 3. The number of aliphatic hydroxyl groups excluding tert-OH is 1. The largest absolute Gasteiger partial charge is 0.480 e. The van der Waals surface area contributed by atoms with E-state index >= 15 is 0 Å². The fourth-order valence-electron chi connectivity index (χ4n) is 2.18. The SMILES string of the molecule is CC(O)C(N)C(=O)NC(CS)C(=O)NC(CS)C(=O)NC(CCCN=C(N)N)C(=O)O. The van der Waals surface area contributed by atoms with Crippen LogP contribution < -0.4 is 33.2 Å². The highest BCUT2D eigenvalue weighted by Gasteiger charge is 2.29. The van der Waals surface area contributed by atoms with Crippen molar-refractivity contribution in [3.05, 3.63) is 0 Å². The summed E-state index contributed by atoms with van der Waals surface area (Å²) in [6.07, 6.45) is -0.790. The third-order valence-corrected chi connectivity index (χ3v) is 4.74. The van der Waals surface area contributed by atoms with Gasteiger partial charge in [0.25, 0.3) is 0 Å². The van der Waals surface area contributed by atoms with Crippen molar-refractivity contribution >= 4 is 54.9 Å². The standard InChI is InChI=1S/C16H31N7O6S2/c1-7(24)11(17)14(27)23-10(6-31)13(26)22-9(5-30)12(25)21-8(15(28)29)3-2-4-20-16(18)19/h7-11,24,30-31H,2-6,17H2,1H3,(H,21,25)(H,22,26)(H,23,27)(H,28,29)(H4,18,19,20). The molecule has 0 heterocycles. The van der Waals surface area contributed by atoms with Crippen molar-refractivity contribution in [1.29, 1.82) is 0 Å². The molecule has 0 fully saturated rings. The third kappa shape index (κ3) is 11.1. The number of aliphatic hydroxyl groups is 1. The maximum atomic E-state index is 12.4. The average molecular weight is 482 g/mol. The number of carbonyl (C=O) groups excluding carboxylic acids is 3. The van der Waals surface area contributed by atoms with Gasteiger partial charge in [-0.1, -0.05) is 0 Å². The Labute approximate surface area is 190 Å². The fourth-order valence-corrected chi connectivity index (χ4v) is 2.70. The first-order valence-electron chi connectivity index (χ1n) is 9.29. The number of nitrogens with zero attached hydrogens (tertiary/aromatic N) is 1. The van der Waals surface area contributed by atoms with Gasteiger partial charge in [-0.25, -0.2) is 4.79 Å². The lowest BCUT2D eigenvalue weighted by Gasteiger charge is -2.24. The second-order valence-electron chi connectivity index (χ2n) is 6.60. The van der Waals surface area contributed by atoms with Crippen LogP contribution in [0.4, 0.5) is 0 Å². The average Bonchev–Trinajstić information content (AvgIpc) is 2.70. The van der Waals surface area contributed by atoms with Crippen molar-refractivity contribution in [1.82, 2.24) is 16.0 Å². The molecule has 13 nitrogen and oxygen atoms in total. The molecule has 0 radical (unpaired) electrons. The number of carbonyl (C=O) groups is 4. The molecule has 0 aliphatic heterocycles. The molecule has 31 heavy (non-hydrogen) atoms. The van der Waals surface area contributed by atoms with E-state index in [9.17, 15) is 29.4 Å². The predicted octanol–water partition coefficient (Wildman–Crippen LogP) is -3.85. The van der Waals surface area contributed by atoms with Gasteiger partial charge in [0, 0.05) is 18.1 Å². The zero-order valence-electron chi connectivity index (χ0n) is 17.0. The minimum Gasteiger partial charge on any atom is -0.480 e. The minimum absolute atomic E-state index is 0.0532. The zero-order chi connectivity index (χ0) is 24.1. The summed E-state index contributed by atoms with van der Waals surface area (Å²) < 4.78 is 0. The molecular weight excluding hydrogens is 450 g/mol. The van der Waals surface area contributed by atoms with Crippen LogP contribution in [0.1, 0.15) is 19.8 Å². The van der Waals surface area contributed by atoms with Crippen molar-refractivity contribution in [3.63, 3.8) is 0 Å². The second kappa shape index (κ2) is 14.7. The van der Waals surface area contributed by atoms with Crippen LogP contribution in [0.5, 0.6) is 0 Å². The molecular formula is C16H31N7O6S2. The number of carboxylic acids is 1. The summed E-state index contributed by atoms with van der Waals surface area (Å²) >= 11 is 8.00. The van der Waals surface area contributed by atoms with Gasteiger partial charge in [0.15, 0.2) is 5.96 Å². The molecule has 0 spiro atoms. The summed E-state index contributed by atoms with van der Waals surface area (Å²) in [4.78, 5) is 51.9. The van der Waals surface area contributed by atoms with Crippen LogP contribution in [0.15, 0.2) is 4.99 Å². The summed E-state index contributed by atoms with van der Waals surface area (Å²) in [6.45, 7) is 1.50. The second-order valence-corrected chi connectivity index (χ2v) is 7.33. The van der Waals surface area contributed by atoms with Gasteiger partial charge in [-0.15, -0.1) is 0 Å². The number of carboxylic acid groups (broad SMARTS) is 1. The molecule has 0 bridgehead atoms. The number of nitrogens with two attached hydrogens (primary N) is 3. The molecule has 5 unspecified atom stereocenters. The molecule has 0 saturated heterocycles. The number of thiol groups is 2. The molecule has 0 aromatic carbocycles. The summed E-state index contributed by atoms with van der Waals surface area (Å²) in [7, 11) is 0. The van der Waals surface area contributed by atoms with E-state index in [4.69, 9.17) is 17.2 Å². The number of hydrogen-bond acceptors (Lipinski definition) is 9. The van der Waals surface area contributed by atoms with Crippen molar-refractivity contribution in [2.24, 2.45) is 22.2 Å². The highest BCUT2D eigenvalue weighted by molar-refractivity contribution is 7.80. The summed E-state index contributed by atoms with van der Waals surface area (Å²) in [5.41, 5.74) is 15.9. The molecule has 0 saturated carbocycles. The van der Waals surface area contributed by atoms with E-state index in [2.05, 4.69) is 46.2 Å². The topological polar surface area (TPSA) is 235 Å².